The number of ether oxygens (including phenoxy) is 1. The zero-order chi connectivity index (χ0) is 17.4. The average molecular weight is 329 g/mol. The third-order valence-corrected chi connectivity index (χ3v) is 3.47. The van der Waals surface area contributed by atoms with Gasteiger partial charge in [0.15, 0.2) is 5.78 Å². The van der Waals surface area contributed by atoms with Gasteiger partial charge in [0, 0.05) is 32.0 Å². The Labute approximate surface area is 141 Å². The minimum Gasteiger partial charge on any atom is -0.395 e. The fourth-order valence-corrected chi connectivity index (χ4v) is 2.19. The van der Waals surface area contributed by atoms with Crippen LogP contribution in [0.1, 0.15) is 6.92 Å². The molecule has 0 unspecified atom stereocenters. The van der Waals surface area contributed by atoms with Gasteiger partial charge in [0.2, 0.25) is 0 Å². The van der Waals surface area contributed by atoms with Gasteiger partial charge in [-0.3, -0.25) is 4.79 Å². The highest BCUT2D eigenvalue weighted by atomic mass is 16.5. The van der Waals surface area contributed by atoms with Crippen molar-refractivity contribution in [2.75, 3.05) is 38.7 Å². The molecule has 0 spiro atoms. The number of rotatable bonds is 8. The normalized spacial score (nSPS) is 16.0. The number of carbonyl (C=O) groups is 1. The van der Waals surface area contributed by atoms with Crippen molar-refractivity contribution in [1.29, 1.82) is 0 Å². The lowest BCUT2D eigenvalue weighted by Crippen LogP contribution is -2.26. The summed E-state index contributed by atoms with van der Waals surface area (Å²) in [6, 6.07) is 7.71. The van der Waals surface area contributed by atoms with Gasteiger partial charge < -0.3 is 20.5 Å². The van der Waals surface area contributed by atoms with Crippen molar-refractivity contribution in [1.82, 2.24) is 5.32 Å². The minimum absolute atomic E-state index is 0.0106. The molecule has 0 saturated heterocycles. The van der Waals surface area contributed by atoms with Crippen LogP contribution in [0.25, 0.3) is 0 Å². The number of hydrogen-bond acceptors (Lipinski definition) is 6. The summed E-state index contributed by atoms with van der Waals surface area (Å²) in [7, 11) is 1.67. The van der Waals surface area contributed by atoms with Crippen LogP contribution in [-0.4, -0.2) is 50.0 Å². The Bertz CT molecular complexity index is 661. The number of aliphatic hydroxyl groups excluding tert-OH is 1. The maximum absolute atomic E-state index is 11.8. The number of ketones is 1. The number of hydrogen-bond donors (Lipinski definition) is 3. The van der Waals surface area contributed by atoms with Crippen molar-refractivity contribution in [2.24, 2.45) is 4.99 Å². The molecule has 24 heavy (non-hydrogen) atoms. The first-order chi connectivity index (χ1) is 11.6. The summed E-state index contributed by atoms with van der Waals surface area (Å²) in [5.74, 6) is -0.0490. The Morgan fingerprint density at radius 1 is 1.12 bits per heavy atom. The average Bonchev–Trinajstić information content (AvgIpc) is 2.58. The third-order valence-electron chi connectivity index (χ3n) is 3.47. The second-order valence-electron chi connectivity index (χ2n) is 5.36. The summed E-state index contributed by atoms with van der Waals surface area (Å²) in [5.41, 5.74) is 3.73. The highest BCUT2D eigenvalue weighted by Gasteiger charge is 2.15. The maximum atomic E-state index is 11.8. The van der Waals surface area contributed by atoms with Crippen LogP contribution >= 0.6 is 0 Å². The van der Waals surface area contributed by atoms with E-state index in [0.29, 0.717) is 30.1 Å². The number of nitrogens with one attached hydrogen (secondary N) is 2. The van der Waals surface area contributed by atoms with Gasteiger partial charge in [0.25, 0.3) is 0 Å². The summed E-state index contributed by atoms with van der Waals surface area (Å²) < 4.78 is 5.00. The number of anilines is 1. The third kappa shape index (κ3) is 5.04. The molecule has 0 saturated carbocycles. The van der Waals surface area contributed by atoms with Crippen LogP contribution in [0.15, 0.2) is 52.7 Å². The van der Waals surface area contributed by atoms with Crippen LogP contribution in [0.5, 0.6) is 0 Å². The molecule has 2 rings (SSSR count). The zero-order valence-corrected chi connectivity index (χ0v) is 14.0. The molecule has 1 aromatic rings. The molecule has 6 heteroatoms. The largest absolute Gasteiger partial charge is 0.395 e. The first-order valence-corrected chi connectivity index (χ1v) is 7.85. The van der Waals surface area contributed by atoms with E-state index in [2.05, 4.69) is 15.6 Å². The van der Waals surface area contributed by atoms with E-state index in [1.54, 1.807) is 20.1 Å². The topological polar surface area (TPSA) is 83.0 Å². The molecular formula is C18H23N3O3. The van der Waals surface area contributed by atoms with E-state index in [4.69, 9.17) is 9.84 Å². The number of nitrogens with zero attached hydrogens (tertiary/aromatic N) is 1. The lowest BCUT2D eigenvalue weighted by molar-refractivity contribution is -0.111. The molecule has 1 aliphatic rings. The van der Waals surface area contributed by atoms with Crippen LogP contribution in [0.2, 0.25) is 0 Å². The van der Waals surface area contributed by atoms with Crippen molar-refractivity contribution in [3.8, 4) is 0 Å². The first kappa shape index (κ1) is 17.9. The Kier molecular flexibility index (Phi) is 6.72. The van der Waals surface area contributed by atoms with Crippen LogP contribution in [0.3, 0.4) is 0 Å². The summed E-state index contributed by atoms with van der Waals surface area (Å²) in [6.07, 6.45) is 3.28. The highest BCUT2D eigenvalue weighted by molar-refractivity contribution is 6.22. The molecule has 0 amide bonds. The predicted octanol–water partition coefficient (Wildman–Crippen LogP) is 1.81. The summed E-state index contributed by atoms with van der Waals surface area (Å²) in [4.78, 5) is 16.4. The second kappa shape index (κ2) is 9.00. The van der Waals surface area contributed by atoms with Gasteiger partial charge in [-0.15, -0.1) is 0 Å². The lowest BCUT2D eigenvalue weighted by Gasteiger charge is -2.15. The van der Waals surface area contributed by atoms with E-state index < -0.39 is 0 Å². The van der Waals surface area contributed by atoms with Gasteiger partial charge in [-0.05, 0) is 42.8 Å². The van der Waals surface area contributed by atoms with Crippen molar-refractivity contribution in [2.45, 2.75) is 6.92 Å². The Morgan fingerprint density at radius 3 is 2.54 bits per heavy atom. The molecule has 3 N–H and O–H groups in total. The fraction of sp³-hybridized carbons (Fsp3) is 0.333. The monoisotopic (exact) mass is 329 g/mol. The van der Waals surface area contributed by atoms with E-state index in [-0.39, 0.29) is 12.4 Å². The van der Waals surface area contributed by atoms with Crippen molar-refractivity contribution in [3.05, 3.63) is 47.7 Å². The standard InChI is InChI=1S/C18H23N3O3/c1-13-11-17(16(12-18(13)23)20-7-9-22)21-15-5-3-14(4-6-15)19-8-10-24-2/h3-6,11-12,19-20,22H,7-10H2,1-2H3. The second-order valence-corrected chi connectivity index (χ2v) is 5.36. The molecule has 0 aromatic heterocycles. The number of carbonyl (C=O) groups excluding carboxylic acids is 1. The number of aliphatic imine (C=N–C) groups is 1. The molecule has 1 aliphatic carbocycles. The zero-order valence-electron chi connectivity index (χ0n) is 14.0. The first-order valence-electron chi connectivity index (χ1n) is 7.85. The molecular weight excluding hydrogens is 306 g/mol. The van der Waals surface area contributed by atoms with E-state index in [0.717, 1.165) is 17.9 Å². The van der Waals surface area contributed by atoms with Crippen molar-refractivity contribution in [3.63, 3.8) is 0 Å². The van der Waals surface area contributed by atoms with Crippen LogP contribution < -0.4 is 10.6 Å². The van der Waals surface area contributed by atoms with Crippen LogP contribution in [-0.2, 0) is 9.53 Å². The van der Waals surface area contributed by atoms with E-state index >= 15 is 0 Å². The summed E-state index contributed by atoms with van der Waals surface area (Å²) in [5, 5.41) is 15.2. The Hall–Kier alpha value is -2.44. The lowest BCUT2D eigenvalue weighted by atomic mass is 10.0. The molecule has 0 aliphatic heterocycles. The number of allylic oxidation sites excluding steroid dienone is 3. The molecule has 0 radical (unpaired) electrons. The summed E-state index contributed by atoms with van der Waals surface area (Å²) >= 11 is 0. The van der Waals surface area contributed by atoms with Gasteiger partial charge >= 0.3 is 0 Å². The fourth-order valence-electron chi connectivity index (χ4n) is 2.19. The SMILES string of the molecule is COCCNc1ccc(N=C2C=C(C)C(=O)C=C2NCCO)cc1. The smallest absolute Gasteiger partial charge is 0.183 e. The van der Waals surface area contributed by atoms with Crippen molar-refractivity contribution < 1.29 is 14.6 Å². The Morgan fingerprint density at radius 2 is 1.88 bits per heavy atom. The number of methoxy groups -OCH3 is 1. The van der Waals surface area contributed by atoms with Gasteiger partial charge in [-0.1, -0.05) is 0 Å². The van der Waals surface area contributed by atoms with E-state index in [9.17, 15) is 4.79 Å². The summed E-state index contributed by atoms with van der Waals surface area (Å²) in [6.45, 7) is 3.51. The highest BCUT2D eigenvalue weighted by Crippen LogP contribution is 2.20. The molecule has 0 atom stereocenters. The molecule has 128 valence electrons. The van der Waals surface area contributed by atoms with Crippen LogP contribution in [0, 0.1) is 0 Å². The number of aliphatic hydroxyl groups is 1. The minimum atomic E-state index is -0.0490. The van der Waals surface area contributed by atoms with Gasteiger partial charge in [0.1, 0.15) is 0 Å². The molecule has 1 aromatic carbocycles. The maximum Gasteiger partial charge on any atom is 0.183 e. The van der Waals surface area contributed by atoms with Crippen LogP contribution in [0.4, 0.5) is 11.4 Å². The quantitative estimate of drug-likeness (QED) is 0.500. The van der Waals surface area contributed by atoms with E-state index in [1.165, 1.54) is 6.08 Å². The van der Waals surface area contributed by atoms with E-state index in [1.807, 2.05) is 24.3 Å². The van der Waals surface area contributed by atoms with Crippen molar-refractivity contribution >= 4 is 22.9 Å². The molecule has 0 bridgehead atoms. The molecule has 0 fully saturated rings. The molecule has 0 heterocycles. The van der Waals surface area contributed by atoms with Gasteiger partial charge in [0.05, 0.1) is 30.3 Å². The van der Waals surface area contributed by atoms with Gasteiger partial charge in [-0.2, -0.15) is 0 Å². The predicted molar refractivity (Wildman–Crippen MR) is 95.8 cm³/mol. The number of benzene rings is 1. The Balaban J connectivity index is 2.14. The molecule has 6 nitrogen and oxygen atoms in total. The van der Waals surface area contributed by atoms with Gasteiger partial charge in [-0.25, -0.2) is 4.99 Å².